The van der Waals surface area contributed by atoms with Crippen LogP contribution in [0.3, 0.4) is 0 Å². The summed E-state index contributed by atoms with van der Waals surface area (Å²) in [6, 6.07) is 7.22. The summed E-state index contributed by atoms with van der Waals surface area (Å²) in [6.07, 6.45) is 0. The van der Waals surface area contributed by atoms with Crippen LogP contribution in [-0.2, 0) is 16.1 Å². The van der Waals surface area contributed by atoms with Crippen molar-refractivity contribution in [3.05, 3.63) is 50.6 Å². The van der Waals surface area contributed by atoms with Gasteiger partial charge in [-0.3, -0.25) is 9.59 Å². The number of carbonyl (C=O) groups is 2. The smallest absolute Gasteiger partial charge is 0.326 e. The fraction of sp³-hybridized carbons (Fsp3) is 0.278. The second kappa shape index (κ2) is 7.59. The molecule has 1 aromatic carbocycles. The highest BCUT2D eigenvalue weighted by atomic mass is 79.9. The largest absolute Gasteiger partial charge is 0.465 e. The van der Waals surface area contributed by atoms with E-state index in [2.05, 4.69) is 27.0 Å². The summed E-state index contributed by atoms with van der Waals surface area (Å²) in [5, 5.41) is 0. The van der Waals surface area contributed by atoms with Gasteiger partial charge in [-0.2, -0.15) is 4.99 Å². The summed E-state index contributed by atoms with van der Waals surface area (Å²) < 4.78 is 13.5. The molecule has 0 radical (unpaired) electrons. The fourth-order valence-electron chi connectivity index (χ4n) is 2.66. The molecule has 0 fully saturated rings. The quantitative estimate of drug-likeness (QED) is 0.579. The SMILES string of the molecule is CCOC(=O)Cn1c(=NC(=O)c2ccc(Br)o2)sc2c(C)cc(C)cc21. The van der Waals surface area contributed by atoms with E-state index < -0.39 is 5.91 Å². The highest BCUT2D eigenvalue weighted by Gasteiger charge is 2.15. The Balaban J connectivity index is 2.16. The first-order valence-electron chi connectivity index (χ1n) is 7.99. The highest BCUT2D eigenvalue weighted by Crippen LogP contribution is 2.24. The Morgan fingerprint density at radius 3 is 2.73 bits per heavy atom. The number of esters is 1. The molecule has 3 aromatic rings. The maximum Gasteiger partial charge on any atom is 0.326 e. The number of ether oxygens (including phenoxy) is 1. The average molecular weight is 437 g/mol. The van der Waals surface area contributed by atoms with Gasteiger partial charge in [-0.1, -0.05) is 17.4 Å². The van der Waals surface area contributed by atoms with Crippen LogP contribution in [0.1, 0.15) is 28.6 Å². The highest BCUT2D eigenvalue weighted by molar-refractivity contribution is 9.10. The predicted octanol–water partition coefficient (Wildman–Crippen LogP) is 3.98. The molecular formula is C18H17BrN2O4S. The number of aromatic nitrogens is 1. The van der Waals surface area contributed by atoms with Crippen molar-refractivity contribution in [2.24, 2.45) is 4.99 Å². The fourth-order valence-corrected chi connectivity index (χ4v) is 4.04. The number of thiazole rings is 1. The first kappa shape index (κ1) is 18.6. The van der Waals surface area contributed by atoms with E-state index in [1.54, 1.807) is 23.6 Å². The Morgan fingerprint density at radius 2 is 2.08 bits per heavy atom. The third kappa shape index (κ3) is 3.81. The Kier molecular flexibility index (Phi) is 5.43. The minimum atomic E-state index is -0.505. The number of furan rings is 1. The molecule has 0 bridgehead atoms. The summed E-state index contributed by atoms with van der Waals surface area (Å²) >= 11 is 4.53. The zero-order valence-electron chi connectivity index (χ0n) is 14.5. The van der Waals surface area contributed by atoms with Gasteiger partial charge in [0.05, 0.1) is 16.8 Å². The standard InChI is InChI=1S/C18H17BrN2O4S/c1-4-24-15(22)9-21-12-8-10(2)7-11(3)16(12)26-18(21)20-17(23)13-5-6-14(19)25-13/h5-8H,4,9H2,1-3H3. The number of fused-ring (bicyclic) bond motifs is 1. The van der Waals surface area contributed by atoms with Crippen molar-refractivity contribution in [3.63, 3.8) is 0 Å². The molecule has 0 aliphatic heterocycles. The van der Waals surface area contributed by atoms with E-state index in [0.717, 1.165) is 21.3 Å². The van der Waals surface area contributed by atoms with Crippen LogP contribution in [0.15, 0.2) is 38.3 Å². The van der Waals surface area contributed by atoms with E-state index in [1.165, 1.54) is 11.3 Å². The second-order valence-electron chi connectivity index (χ2n) is 5.73. The van der Waals surface area contributed by atoms with E-state index in [1.807, 2.05) is 19.9 Å². The maximum absolute atomic E-state index is 12.4. The molecule has 0 atom stereocenters. The monoisotopic (exact) mass is 436 g/mol. The minimum absolute atomic E-state index is 0.00923. The van der Waals surface area contributed by atoms with E-state index in [9.17, 15) is 9.59 Å². The van der Waals surface area contributed by atoms with Gasteiger partial charge in [0.2, 0.25) is 0 Å². The lowest BCUT2D eigenvalue weighted by Crippen LogP contribution is -2.23. The van der Waals surface area contributed by atoms with Crippen LogP contribution < -0.4 is 4.80 Å². The third-order valence-corrected chi connectivity index (χ3v) is 5.34. The lowest BCUT2D eigenvalue weighted by Gasteiger charge is -2.06. The molecule has 0 N–H and O–H groups in total. The number of nitrogens with zero attached hydrogens (tertiary/aromatic N) is 2. The van der Waals surface area contributed by atoms with Crippen LogP contribution in [0, 0.1) is 13.8 Å². The van der Waals surface area contributed by atoms with Gasteiger partial charge in [0.1, 0.15) is 6.54 Å². The molecule has 0 saturated heterocycles. The first-order valence-corrected chi connectivity index (χ1v) is 9.60. The number of halogens is 1. The van der Waals surface area contributed by atoms with Crippen molar-refractivity contribution in [3.8, 4) is 0 Å². The molecule has 2 heterocycles. The Hall–Kier alpha value is -2.19. The molecule has 1 amide bonds. The summed E-state index contributed by atoms with van der Waals surface area (Å²) in [7, 11) is 0. The van der Waals surface area contributed by atoms with Crippen LogP contribution in [-0.4, -0.2) is 23.1 Å². The van der Waals surface area contributed by atoms with Gasteiger partial charge in [-0.05, 0) is 66.0 Å². The molecule has 8 heteroatoms. The molecular weight excluding hydrogens is 420 g/mol. The van der Waals surface area contributed by atoms with Gasteiger partial charge in [-0.15, -0.1) is 0 Å². The number of carbonyl (C=O) groups excluding carboxylic acids is 2. The third-order valence-electron chi connectivity index (χ3n) is 3.69. The number of rotatable bonds is 4. The lowest BCUT2D eigenvalue weighted by atomic mass is 10.1. The Morgan fingerprint density at radius 1 is 1.31 bits per heavy atom. The average Bonchev–Trinajstić information content (AvgIpc) is 3.13. The van der Waals surface area contributed by atoms with Crippen molar-refractivity contribution in [1.29, 1.82) is 0 Å². The number of benzene rings is 1. The molecule has 3 rings (SSSR count). The Bertz CT molecular complexity index is 1060. The van der Waals surface area contributed by atoms with Gasteiger partial charge in [0, 0.05) is 0 Å². The number of hydrogen-bond donors (Lipinski definition) is 0. The van der Waals surface area contributed by atoms with Crippen molar-refractivity contribution < 1.29 is 18.7 Å². The normalized spacial score (nSPS) is 11.9. The van der Waals surface area contributed by atoms with E-state index in [0.29, 0.717) is 16.1 Å². The molecule has 0 unspecified atom stereocenters. The van der Waals surface area contributed by atoms with Crippen molar-refractivity contribution in [2.75, 3.05) is 6.61 Å². The summed E-state index contributed by atoms with van der Waals surface area (Å²) in [6.45, 7) is 6.03. The second-order valence-corrected chi connectivity index (χ2v) is 7.49. The van der Waals surface area contributed by atoms with Gasteiger partial charge in [0.25, 0.3) is 0 Å². The number of hydrogen-bond acceptors (Lipinski definition) is 5. The van der Waals surface area contributed by atoms with Crippen molar-refractivity contribution >= 4 is 49.4 Å². The van der Waals surface area contributed by atoms with Crippen LogP contribution in [0.4, 0.5) is 0 Å². The summed E-state index contributed by atoms with van der Waals surface area (Å²) in [5.41, 5.74) is 2.99. The van der Waals surface area contributed by atoms with E-state index in [-0.39, 0.29) is 18.3 Å². The molecule has 2 aromatic heterocycles. The number of aryl methyl sites for hydroxylation is 2. The maximum atomic E-state index is 12.4. The van der Waals surface area contributed by atoms with Gasteiger partial charge < -0.3 is 13.7 Å². The topological polar surface area (TPSA) is 73.8 Å². The molecule has 0 spiro atoms. The van der Waals surface area contributed by atoms with Crippen LogP contribution in [0.2, 0.25) is 0 Å². The molecule has 6 nitrogen and oxygen atoms in total. The number of amides is 1. The van der Waals surface area contributed by atoms with Gasteiger partial charge in [0.15, 0.2) is 15.2 Å². The Labute approximate surface area is 162 Å². The zero-order chi connectivity index (χ0) is 18.8. The molecule has 0 aliphatic carbocycles. The first-order chi connectivity index (χ1) is 12.4. The van der Waals surface area contributed by atoms with Gasteiger partial charge in [-0.25, -0.2) is 0 Å². The predicted molar refractivity (Wildman–Crippen MR) is 102 cm³/mol. The summed E-state index contributed by atoms with van der Waals surface area (Å²) in [4.78, 5) is 29.1. The van der Waals surface area contributed by atoms with E-state index in [4.69, 9.17) is 9.15 Å². The van der Waals surface area contributed by atoms with Crippen molar-refractivity contribution in [1.82, 2.24) is 4.57 Å². The molecule has 136 valence electrons. The summed E-state index contributed by atoms with van der Waals surface area (Å²) in [5.74, 6) is -0.750. The van der Waals surface area contributed by atoms with Crippen LogP contribution in [0.25, 0.3) is 10.2 Å². The molecule has 0 saturated carbocycles. The lowest BCUT2D eigenvalue weighted by molar-refractivity contribution is -0.143. The molecule has 26 heavy (non-hydrogen) atoms. The van der Waals surface area contributed by atoms with Crippen molar-refractivity contribution in [2.45, 2.75) is 27.3 Å². The zero-order valence-corrected chi connectivity index (χ0v) is 16.9. The minimum Gasteiger partial charge on any atom is -0.465 e. The van der Waals surface area contributed by atoms with Crippen LogP contribution >= 0.6 is 27.3 Å². The molecule has 0 aliphatic rings. The van der Waals surface area contributed by atoms with Crippen LogP contribution in [0.5, 0.6) is 0 Å². The van der Waals surface area contributed by atoms with E-state index >= 15 is 0 Å². The van der Waals surface area contributed by atoms with Gasteiger partial charge >= 0.3 is 11.9 Å².